The van der Waals surface area contributed by atoms with Crippen molar-refractivity contribution in [2.24, 2.45) is 0 Å². The van der Waals surface area contributed by atoms with Crippen LogP contribution in [-0.2, 0) is 52.4 Å². The van der Waals surface area contributed by atoms with Gasteiger partial charge in [0, 0.05) is 9.52 Å². The summed E-state index contributed by atoms with van der Waals surface area (Å²) in [5, 5.41) is 0. The molecule has 0 saturated carbocycles. The fourth-order valence-electron chi connectivity index (χ4n) is 0. The van der Waals surface area contributed by atoms with Crippen LogP contribution in [0.3, 0.4) is 0 Å². The molecule has 4 radical (unpaired) electrons. The fraction of sp³-hybridized carbons (Fsp3) is 1.00. The summed E-state index contributed by atoms with van der Waals surface area (Å²) >= 11 is 0. The molecule has 0 aromatic rings. The van der Waals surface area contributed by atoms with Gasteiger partial charge in [0.2, 0.25) is 0 Å². The molecule has 0 fully saturated rings. The van der Waals surface area contributed by atoms with Crippen LogP contribution in [0.1, 0.15) is 0 Å². The molecule has 0 aliphatic heterocycles. The summed E-state index contributed by atoms with van der Waals surface area (Å²) in [6, 6.07) is 0. The van der Waals surface area contributed by atoms with Gasteiger partial charge in [0.15, 0.2) is 0 Å². The Bertz CT molecular complexity index is 13.7. The van der Waals surface area contributed by atoms with Gasteiger partial charge in [0.05, 0.1) is 0 Å². The molecule has 0 aromatic carbocycles. The Morgan fingerprint density at radius 1 is 0.857 bits per heavy atom. The average Bonchev–Trinajstić information content (AvgIpc) is 0.918. The van der Waals surface area contributed by atoms with Crippen LogP contribution in [0.2, 0.25) is 13.1 Å². The molecule has 36 valence electrons. The molecule has 0 atom stereocenters. The van der Waals surface area contributed by atoms with E-state index in [2.05, 4.69) is 13.1 Å². The van der Waals surface area contributed by atoms with Crippen molar-refractivity contribution in [2.75, 3.05) is 0 Å². The van der Waals surface area contributed by atoms with Crippen LogP contribution in [0.15, 0.2) is 0 Å². The molecule has 0 saturated heterocycles. The van der Waals surface area contributed by atoms with Crippen molar-refractivity contribution in [3.63, 3.8) is 0 Å². The summed E-state index contributed by atoms with van der Waals surface area (Å²) < 4.78 is 0. The van der Waals surface area contributed by atoms with Gasteiger partial charge in [0.25, 0.3) is 0 Å². The zero-order valence-corrected chi connectivity index (χ0v) is 11.7. The van der Waals surface area contributed by atoms with Crippen LogP contribution < -0.4 is 24.8 Å². The monoisotopic (exact) mass is 308 g/mol. The van der Waals surface area contributed by atoms with E-state index in [-0.39, 0.29) is 77.2 Å². The molecular formula is C2H6Cl2SiZr2+4. The minimum absolute atomic E-state index is 0. The van der Waals surface area contributed by atoms with E-state index in [4.69, 9.17) is 0 Å². The van der Waals surface area contributed by atoms with E-state index in [1.165, 1.54) is 0 Å². The molecule has 0 amide bonds. The predicted octanol–water partition coefficient (Wildman–Crippen LogP) is -5.21. The van der Waals surface area contributed by atoms with Crippen LogP contribution in [-0.4, -0.2) is 9.52 Å². The van der Waals surface area contributed by atoms with Gasteiger partial charge in [-0.3, -0.25) is 0 Å². The first-order chi connectivity index (χ1) is 1.41. The molecule has 0 aliphatic rings. The van der Waals surface area contributed by atoms with E-state index in [9.17, 15) is 0 Å². The van der Waals surface area contributed by atoms with Gasteiger partial charge in [-0.15, -0.1) is 0 Å². The van der Waals surface area contributed by atoms with Crippen LogP contribution in [0.25, 0.3) is 0 Å². The normalized spacial score (nSPS) is 2.57. The molecule has 0 aliphatic carbocycles. The van der Waals surface area contributed by atoms with Crippen molar-refractivity contribution in [3.05, 3.63) is 0 Å². The molecule has 0 nitrogen and oxygen atoms in total. The van der Waals surface area contributed by atoms with Crippen molar-refractivity contribution >= 4 is 9.52 Å². The standard InChI is InChI=1S/C2H6Si.2ClH.2Zr/c1-3-2;;;;/h1-2H3;2*1H;;/q;;;2*+3/p-2. The zero-order valence-electron chi connectivity index (χ0n) is 4.26. The quantitative estimate of drug-likeness (QED) is 0.393. The second-order valence-corrected chi connectivity index (χ2v) is 1.50. The summed E-state index contributed by atoms with van der Waals surface area (Å²) in [7, 11) is 1.08. The van der Waals surface area contributed by atoms with E-state index < -0.39 is 0 Å². The first kappa shape index (κ1) is 33.7. The molecule has 0 heterocycles. The molecule has 0 spiro atoms. The number of hydrogen-bond acceptors (Lipinski definition) is 0. The SMILES string of the molecule is C[Si]C.[Cl-].[Cl-].[Zr+3].[Zr+3]. The predicted molar refractivity (Wildman–Crippen MR) is 17.5 cm³/mol. The van der Waals surface area contributed by atoms with Gasteiger partial charge >= 0.3 is 52.4 Å². The van der Waals surface area contributed by atoms with E-state index in [0.29, 0.717) is 0 Å². The van der Waals surface area contributed by atoms with Crippen molar-refractivity contribution in [1.82, 2.24) is 0 Å². The smallest absolute Gasteiger partial charge is 1.00 e. The maximum Gasteiger partial charge on any atom is 3.00 e. The third-order valence-electron chi connectivity index (χ3n) is 0. The van der Waals surface area contributed by atoms with Gasteiger partial charge in [-0.25, -0.2) is 0 Å². The largest absolute Gasteiger partial charge is 3.00 e. The third-order valence-corrected chi connectivity index (χ3v) is 0. The third kappa shape index (κ3) is 56.1. The Morgan fingerprint density at radius 2 is 0.857 bits per heavy atom. The van der Waals surface area contributed by atoms with Gasteiger partial charge < -0.3 is 24.8 Å². The Balaban J connectivity index is -0.00000000333. The molecular weight excluding hydrogens is 305 g/mol. The molecule has 7 heavy (non-hydrogen) atoms. The maximum atomic E-state index is 2.15. The Morgan fingerprint density at radius 3 is 0.857 bits per heavy atom. The van der Waals surface area contributed by atoms with Gasteiger partial charge in [-0.2, -0.15) is 0 Å². The summed E-state index contributed by atoms with van der Waals surface area (Å²) in [5.41, 5.74) is 0. The fourth-order valence-corrected chi connectivity index (χ4v) is 0. The zero-order chi connectivity index (χ0) is 2.71. The average molecular weight is 312 g/mol. The summed E-state index contributed by atoms with van der Waals surface area (Å²) in [4.78, 5) is 0. The van der Waals surface area contributed by atoms with Crippen LogP contribution in [0.5, 0.6) is 0 Å². The van der Waals surface area contributed by atoms with E-state index in [1.54, 1.807) is 0 Å². The number of halogens is 2. The second kappa shape index (κ2) is 38.6. The molecule has 0 N–H and O–H groups in total. The van der Waals surface area contributed by atoms with Gasteiger partial charge in [-0.1, -0.05) is 13.1 Å². The van der Waals surface area contributed by atoms with E-state index in [0.717, 1.165) is 9.52 Å². The number of hydrogen-bond donors (Lipinski definition) is 0. The molecule has 0 bridgehead atoms. The summed E-state index contributed by atoms with van der Waals surface area (Å²) in [6.07, 6.45) is 0. The minimum Gasteiger partial charge on any atom is -1.00 e. The number of rotatable bonds is 0. The Kier molecular flexibility index (Phi) is 186. The van der Waals surface area contributed by atoms with Gasteiger partial charge in [-0.05, 0) is 0 Å². The summed E-state index contributed by atoms with van der Waals surface area (Å²) in [5.74, 6) is 0. The molecule has 5 heteroatoms. The van der Waals surface area contributed by atoms with Crippen LogP contribution in [0.4, 0.5) is 0 Å². The first-order valence-electron chi connectivity index (χ1n) is 1.00. The van der Waals surface area contributed by atoms with E-state index >= 15 is 0 Å². The van der Waals surface area contributed by atoms with E-state index in [1.807, 2.05) is 0 Å². The molecule has 0 unspecified atom stereocenters. The minimum atomic E-state index is 0. The topological polar surface area (TPSA) is 0 Å². The second-order valence-electron chi connectivity index (χ2n) is 0.500. The summed E-state index contributed by atoms with van der Waals surface area (Å²) in [6.45, 7) is 4.31. The maximum absolute atomic E-state index is 2.15. The van der Waals surface area contributed by atoms with Crippen molar-refractivity contribution in [3.8, 4) is 0 Å². The molecule has 0 rings (SSSR count). The van der Waals surface area contributed by atoms with Crippen molar-refractivity contribution in [2.45, 2.75) is 13.1 Å². The Labute approximate surface area is 98.5 Å². The van der Waals surface area contributed by atoms with Crippen molar-refractivity contribution < 1.29 is 77.2 Å². The van der Waals surface area contributed by atoms with Crippen molar-refractivity contribution in [1.29, 1.82) is 0 Å². The Hall–Kier alpha value is 2.56. The molecule has 0 aromatic heterocycles. The first-order valence-corrected chi connectivity index (χ1v) is 3.00. The van der Waals surface area contributed by atoms with Crippen LogP contribution in [0, 0.1) is 0 Å². The van der Waals surface area contributed by atoms with Gasteiger partial charge in [0.1, 0.15) is 0 Å². The van der Waals surface area contributed by atoms with Crippen LogP contribution >= 0.6 is 0 Å².